The maximum atomic E-state index is 12.9. The van der Waals surface area contributed by atoms with Gasteiger partial charge in [-0.05, 0) is 43.5 Å². The van der Waals surface area contributed by atoms with Gasteiger partial charge in [0.15, 0.2) is 0 Å². The maximum Gasteiger partial charge on any atom is 0.248 e. The maximum absolute atomic E-state index is 12.9. The van der Waals surface area contributed by atoms with Crippen LogP contribution in [0.5, 0.6) is 5.75 Å². The Bertz CT molecular complexity index is 627. The Balaban J connectivity index is 1.44. The molecule has 0 radical (unpaired) electrons. The van der Waals surface area contributed by atoms with E-state index in [4.69, 9.17) is 9.47 Å². The van der Waals surface area contributed by atoms with Crippen molar-refractivity contribution in [3.63, 3.8) is 0 Å². The molecule has 1 aromatic rings. The SMILES string of the molecule is COCC(=O)N1CC[C@@]2(O)CCN(CCCOc3ccc(F)cc3)C[C@H]2C1. The second-order valence-corrected chi connectivity index (χ2v) is 7.53. The van der Waals surface area contributed by atoms with E-state index >= 15 is 0 Å². The van der Waals surface area contributed by atoms with Crippen LogP contribution in [0.1, 0.15) is 19.3 Å². The molecule has 0 saturated carbocycles. The number of amides is 1. The average Bonchev–Trinajstić information content (AvgIpc) is 2.66. The zero-order valence-corrected chi connectivity index (χ0v) is 15.9. The molecule has 0 aromatic heterocycles. The average molecular weight is 380 g/mol. The van der Waals surface area contributed by atoms with Crippen molar-refractivity contribution in [2.45, 2.75) is 24.9 Å². The number of nitrogens with zero attached hydrogens (tertiary/aromatic N) is 2. The van der Waals surface area contributed by atoms with Gasteiger partial charge in [0, 0.05) is 45.8 Å². The highest BCUT2D eigenvalue weighted by molar-refractivity contribution is 5.77. The zero-order chi connectivity index (χ0) is 19.3. The van der Waals surface area contributed by atoms with Crippen molar-refractivity contribution in [2.75, 3.05) is 53.0 Å². The molecule has 6 nitrogen and oxygen atoms in total. The van der Waals surface area contributed by atoms with Crippen LogP contribution in [-0.4, -0.2) is 79.5 Å². The van der Waals surface area contributed by atoms with E-state index < -0.39 is 5.60 Å². The number of carbonyl (C=O) groups is 1. The molecule has 2 saturated heterocycles. The summed E-state index contributed by atoms with van der Waals surface area (Å²) in [5.74, 6) is 0.459. The van der Waals surface area contributed by atoms with Crippen LogP contribution in [-0.2, 0) is 9.53 Å². The molecule has 2 heterocycles. The molecule has 7 heteroatoms. The first kappa shape index (κ1) is 20.0. The molecule has 27 heavy (non-hydrogen) atoms. The third-order valence-corrected chi connectivity index (χ3v) is 5.68. The second-order valence-electron chi connectivity index (χ2n) is 7.53. The molecule has 1 aromatic carbocycles. The molecule has 0 aliphatic carbocycles. The van der Waals surface area contributed by atoms with Gasteiger partial charge in [-0.3, -0.25) is 4.79 Å². The summed E-state index contributed by atoms with van der Waals surface area (Å²) in [5, 5.41) is 10.9. The van der Waals surface area contributed by atoms with Crippen LogP contribution in [0.2, 0.25) is 0 Å². The van der Waals surface area contributed by atoms with Gasteiger partial charge in [-0.2, -0.15) is 0 Å². The van der Waals surface area contributed by atoms with Crippen molar-refractivity contribution in [3.8, 4) is 5.75 Å². The smallest absolute Gasteiger partial charge is 0.248 e. The molecule has 1 amide bonds. The van der Waals surface area contributed by atoms with Gasteiger partial charge in [0.25, 0.3) is 0 Å². The highest BCUT2D eigenvalue weighted by Crippen LogP contribution is 2.35. The predicted octanol–water partition coefficient (Wildman–Crippen LogP) is 1.53. The normalized spacial score (nSPS) is 25.9. The number of aliphatic hydroxyl groups is 1. The van der Waals surface area contributed by atoms with E-state index in [9.17, 15) is 14.3 Å². The fraction of sp³-hybridized carbons (Fsp3) is 0.650. The van der Waals surface area contributed by atoms with Crippen LogP contribution in [0.3, 0.4) is 0 Å². The highest BCUT2D eigenvalue weighted by Gasteiger charge is 2.45. The number of hydrogen-bond donors (Lipinski definition) is 1. The predicted molar refractivity (Wildman–Crippen MR) is 99.1 cm³/mol. The van der Waals surface area contributed by atoms with Crippen LogP contribution in [0.25, 0.3) is 0 Å². The van der Waals surface area contributed by atoms with E-state index in [-0.39, 0.29) is 24.2 Å². The summed E-state index contributed by atoms with van der Waals surface area (Å²) >= 11 is 0. The molecular formula is C20H29FN2O4. The van der Waals surface area contributed by atoms with Crippen molar-refractivity contribution in [1.29, 1.82) is 0 Å². The molecule has 2 aliphatic heterocycles. The minimum atomic E-state index is -0.662. The molecule has 2 atom stereocenters. The first-order valence-corrected chi connectivity index (χ1v) is 9.60. The third-order valence-electron chi connectivity index (χ3n) is 5.68. The van der Waals surface area contributed by atoms with Gasteiger partial charge in [0.2, 0.25) is 5.91 Å². The van der Waals surface area contributed by atoms with Crippen molar-refractivity contribution in [3.05, 3.63) is 30.1 Å². The molecule has 0 spiro atoms. The lowest BCUT2D eigenvalue weighted by atomic mass is 9.75. The number of hydrogen-bond acceptors (Lipinski definition) is 5. The summed E-state index contributed by atoms with van der Waals surface area (Å²) < 4.78 is 23.5. The third kappa shape index (κ3) is 5.18. The molecule has 0 unspecified atom stereocenters. The Labute approximate surface area is 159 Å². The van der Waals surface area contributed by atoms with Gasteiger partial charge in [-0.15, -0.1) is 0 Å². The lowest BCUT2D eigenvalue weighted by Crippen LogP contribution is -2.61. The van der Waals surface area contributed by atoms with Crippen molar-refractivity contribution in [1.82, 2.24) is 9.80 Å². The van der Waals surface area contributed by atoms with Crippen LogP contribution in [0.15, 0.2) is 24.3 Å². The van der Waals surface area contributed by atoms with E-state index in [0.29, 0.717) is 31.9 Å². The minimum absolute atomic E-state index is 0.00984. The Morgan fingerprint density at radius 3 is 2.74 bits per heavy atom. The largest absolute Gasteiger partial charge is 0.494 e. The number of fused-ring (bicyclic) bond motifs is 1. The van der Waals surface area contributed by atoms with Gasteiger partial charge in [-0.25, -0.2) is 4.39 Å². The number of benzene rings is 1. The first-order chi connectivity index (χ1) is 13.0. The molecule has 2 aliphatic rings. The van der Waals surface area contributed by atoms with E-state index in [2.05, 4.69) is 4.90 Å². The van der Waals surface area contributed by atoms with Crippen LogP contribution in [0.4, 0.5) is 4.39 Å². The standard InChI is InChI=1S/C20H29FN2O4/c1-26-15-19(24)23-11-8-20(25)7-10-22(13-16(20)14-23)9-2-12-27-18-5-3-17(21)4-6-18/h3-6,16,25H,2,7-15H2,1H3/t16-,20-/m0/s1. The van der Waals surface area contributed by atoms with Crippen molar-refractivity contribution in [2.24, 2.45) is 5.92 Å². The zero-order valence-electron chi connectivity index (χ0n) is 15.9. The fourth-order valence-electron chi connectivity index (χ4n) is 4.02. The van der Waals surface area contributed by atoms with Crippen molar-refractivity contribution < 1.29 is 23.8 Å². The van der Waals surface area contributed by atoms with E-state index in [0.717, 1.165) is 32.5 Å². The summed E-state index contributed by atoms with van der Waals surface area (Å²) in [6.45, 7) is 4.35. The number of likely N-dealkylation sites (tertiary alicyclic amines) is 2. The van der Waals surface area contributed by atoms with E-state index in [1.54, 1.807) is 12.1 Å². The highest BCUT2D eigenvalue weighted by atomic mass is 19.1. The summed E-state index contributed by atoms with van der Waals surface area (Å²) in [4.78, 5) is 16.2. The van der Waals surface area contributed by atoms with Crippen LogP contribution in [0, 0.1) is 11.7 Å². The second kappa shape index (κ2) is 8.99. The Kier molecular flexibility index (Phi) is 6.68. The van der Waals surface area contributed by atoms with Gasteiger partial charge < -0.3 is 24.4 Å². The molecular weight excluding hydrogens is 351 g/mol. The molecule has 3 rings (SSSR count). The molecule has 150 valence electrons. The van der Waals surface area contributed by atoms with E-state index in [1.165, 1.54) is 19.2 Å². The summed E-state index contributed by atoms with van der Waals surface area (Å²) in [6, 6.07) is 6.04. The number of rotatable bonds is 7. The quantitative estimate of drug-likeness (QED) is 0.727. The Morgan fingerprint density at radius 2 is 2.00 bits per heavy atom. The minimum Gasteiger partial charge on any atom is -0.494 e. The number of carbonyl (C=O) groups excluding carboxylic acids is 1. The fourth-order valence-corrected chi connectivity index (χ4v) is 4.02. The van der Waals surface area contributed by atoms with Crippen molar-refractivity contribution >= 4 is 5.91 Å². The monoisotopic (exact) mass is 380 g/mol. The van der Waals surface area contributed by atoms with E-state index in [1.807, 2.05) is 4.90 Å². The summed E-state index contributed by atoms with van der Waals surface area (Å²) in [5.41, 5.74) is -0.662. The van der Waals surface area contributed by atoms with Crippen LogP contribution >= 0.6 is 0 Å². The lowest BCUT2D eigenvalue weighted by molar-refractivity contribution is -0.150. The molecule has 1 N–H and O–H groups in total. The lowest BCUT2D eigenvalue weighted by Gasteiger charge is -2.50. The summed E-state index contributed by atoms with van der Waals surface area (Å²) in [7, 11) is 1.52. The topological polar surface area (TPSA) is 62.2 Å². The van der Waals surface area contributed by atoms with Gasteiger partial charge in [-0.1, -0.05) is 0 Å². The van der Waals surface area contributed by atoms with Gasteiger partial charge in [0.05, 0.1) is 12.2 Å². The molecule has 2 fully saturated rings. The summed E-state index contributed by atoms with van der Waals surface area (Å²) in [6.07, 6.45) is 2.23. The number of ether oxygens (including phenoxy) is 2. The number of piperidine rings is 2. The molecule has 0 bridgehead atoms. The Hall–Kier alpha value is -1.70. The van der Waals surface area contributed by atoms with Gasteiger partial charge in [0.1, 0.15) is 18.2 Å². The number of halogens is 1. The number of methoxy groups -OCH3 is 1. The van der Waals surface area contributed by atoms with Crippen LogP contribution < -0.4 is 4.74 Å². The first-order valence-electron chi connectivity index (χ1n) is 9.60. The van der Waals surface area contributed by atoms with Gasteiger partial charge >= 0.3 is 0 Å². The Morgan fingerprint density at radius 1 is 1.26 bits per heavy atom.